The zero-order valence-electron chi connectivity index (χ0n) is 14.5. The van der Waals surface area contributed by atoms with E-state index in [1.807, 2.05) is 30.3 Å². The van der Waals surface area contributed by atoms with Gasteiger partial charge >= 0.3 is 0 Å². The highest BCUT2D eigenvalue weighted by Gasteiger charge is 2.19. The molecule has 27 heavy (non-hydrogen) atoms. The highest BCUT2D eigenvalue weighted by Crippen LogP contribution is 2.25. The number of hydroxylamine groups is 1. The van der Waals surface area contributed by atoms with E-state index >= 15 is 0 Å². The molecule has 0 spiro atoms. The predicted octanol–water partition coefficient (Wildman–Crippen LogP) is 4.25. The summed E-state index contributed by atoms with van der Waals surface area (Å²) in [7, 11) is 0. The Hall–Kier alpha value is -2.35. The first-order valence-corrected chi connectivity index (χ1v) is 9.59. The van der Waals surface area contributed by atoms with E-state index in [1.54, 1.807) is 18.3 Å². The third kappa shape index (κ3) is 4.16. The fraction of sp³-hybridized carbons (Fsp3) is 0.250. The number of amides is 1. The molecule has 1 amide bonds. The number of hydrogen-bond acceptors (Lipinski definition) is 5. The summed E-state index contributed by atoms with van der Waals surface area (Å²) < 4.78 is 6.47. The molecule has 1 aliphatic rings. The Morgan fingerprint density at radius 3 is 2.85 bits per heavy atom. The molecule has 0 aliphatic carbocycles. The number of halogens is 1. The number of aromatic nitrogens is 2. The second-order valence-corrected chi connectivity index (χ2v) is 7.20. The van der Waals surface area contributed by atoms with Crippen LogP contribution in [-0.4, -0.2) is 28.8 Å². The lowest BCUT2D eigenvalue weighted by Crippen LogP contribution is -2.33. The molecule has 3 heterocycles. The summed E-state index contributed by atoms with van der Waals surface area (Å²) in [6.45, 7) is 0.649. The van der Waals surface area contributed by atoms with Crippen molar-refractivity contribution < 1.29 is 14.4 Å². The van der Waals surface area contributed by atoms with Gasteiger partial charge in [-0.2, -0.15) is 0 Å². The molecule has 0 saturated carbocycles. The molecule has 1 aliphatic heterocycles. The van der Waals surface area contributed by atoms with E-state index in [0.717, 1.165) is 29.3 Å². The highest BCUT2D eigenvalue weighted by molar-refractivity contribution is 9.10. The van der Waals surface area contributed by atoms with Gasteiger partial charge in [-0.25, -0.2) is 20.3 Å². The summed E-state index contributed by atoms with van der Waals surface area (Å²) in [5.74, 6) is -0.345. The molecule has 1 N–H and O–H groups in total. The normalized spacial score (nSPS) is 17.0. The molecule has 6 nitrogen and oxygen atoms in total. The minimum absolute atomic E-state index is 0.345. The third-order valence-electron chi connectivity index (χ3n) is 4.39. The Labute approximate surface area is 165 Å². The van der Waals surface area contributed by atoms with E-state index < -0.39 is 6.29 Å². The number of rotatable bonds is 4. The molecule has 3 aromatic rings. The topological polar surface area (TPSA) is 73.3 Å². The summed E-state index contributed by atoms with van der Waals surface area (Å²) >= 11 is 3.43. The summed E-state index contributed by atoms with van der Waals surface area (Å²) in [4.78, 5) is 27.1. The maximum atomic E-state index is 12.8. The average Bonchev–Trinajstić information content (AvgIpc) is 2.72. The van der Waals surface area contributed by atoms with Crippen LogP contribution >= 0.6 is 15.9 Å². The van der Waals surface area contributed by atoms with Crippen LogP contribution in [0.4, 0.5) is 0 Å². The zero-order valence-corrected chi connectivity index (χ0v) is 16.1. The van der Waals surface area contributed by atoms with Gasteiger partial charge in [0.2, 0.25) is 0 Å². The third-order valence-corrected chi connectivity index (χ3v) is 4.92. The maximum absolute atomic E-state index is 12.8. The maximum Gasteiger partial charge on any atom is 0.275 e. The summed E-state index contributed by atoms with van der Waals surface area (Å²) in [5, 5.41) is 0.670. The van der Waals surface area contributed by atoms with Gasteiger partial charge in [-0.15, -0.1) is 0 Å². The highest BCUT2D eigenvalue weighted by atomic mass is 79.9. The van der Waals surface area contributed by atoms with E-state index in [2.05, 4.69) is 31.4 Å². The first-order chi connectivity index (χ1) is 13.2. The number of hydrogen-bond donors (Lipinski definition) is 1. The van der Waals surface area contributed by atoms with E-state index in [0.29, 0.717) is 28.9 Å². The lowest BCUT2D eigenvalue weighted by molar-refractivity contribution is -0.186. The molecule has 7 heteroatoms. The molecular weight excluding hydrogens is 410 g/mol. The van der Waals surface area contributed by atoms with Crippen molar-refractivity contribution >= 4 is 32.9 Å². The van der Waals surface area contributed by atoms with Gasteiger partial charge in [0.25, 0.3) is 5.91 Å². The van der Waals surface area contributed by atoms with Gasteiger partial charge < -0.3 is 4.74 Å². The summed E-state index contributed by atoms with van der Waals surface area (Å²) in [5.41, 5.74) is 5.07. The quantitative estimate of drug-likeness (QED) is 0.630. The molecule has 1 fully saturated rings. The van der Waals surface area contributed by atoms with Crippen LogP contribution in [0.3, 0.4) is 0 Å². The van der Waals surface area contributed by atoms with Crippen LogP contribution in [0.5, 0.6) is 0 Å². The van der Waals surface area contributed by atoms with Crippen LogP contribution in [-0.2, 0) is 9.57 Å². The average molecular weight is 428 g/mol. The van der Waals surface area contributed by atoms with Crippen LogP contribution in [0.15, 0.2) is 53.1 Å². The number of nitrogens with one attached hydrogen (secondary N) is 1. The minimum atomic E-state index is -0.403. The molecule has 2 aromatic heterocycles. The van der Waals surface area contributed by atoms with Crippen LogP contribution < -0.4 is 5.48 Å². The molecule has 1 unspecified atom stereocenters. The van der Waals surface area contributed by atoms with E-state index in [-0.39, 0.29) is 5.91 Å². The molecule has 0 radical (unpaired) electrons. The van der Waals surface area contributed by atoms with Crippen LogP contribution in [0.25, 0.3) is 22.3 Å². The van der Waals surface area contributed by atoms with Crippen LogP contribution in [0.1, 0.15) is 29.6 Å². The number of pyridine rings is 2. The number of fused-ring (bicyclic) bond motifs is 1. The van der Waals surface area contributed by atoms with Crippen molar-refractivity contribution in [3.05, 3.63) is 58.7 Å². The number of benzene rings is 1. The van der Waals surface area contributed by atoms with Crippen molar-refractivity contribution in [2.75, 3.05) is 6.61 Å². The second-order valence-electron chi connectivity index (χ2n) is 6.28. The van der Waals surface area contributed by atoms with Crippen molar-refractivity contribution in [1.29, 1.82) is 0 Å². The van der Waals surface area contributed by atoms with Crippen molar-refractivity contribution in [3.63, 3.8) is 0 Å². The first-order valence-electron chi connectivity index (χ1n) is 8.80. The van der Waals surface area contributed by atoms with E-state index in [1.165, 1.54) is 0 Å². The smallest absolute Gasteiger partial charge is 0.275 e. The lowest BCUT2D eigenvalue weighted by Gasteiger charge is -2.22. The van der Waals surface area contributed by atoms with Crippen LogP contribution in [0.2, 0.25) is 0 Å². The van der Waals surface area contributed by atoms with Crippen molar-refractivity contribution in [1.82, 2.24) is 15.4 Å². The van der Waals surface area contributed by atoms with Gasteiger partial charge in [-0.1, -0.05) is 28.1 Å². The van der Waals surface area contributed by atoms with Gasteiger partial charge in [-0.05, 0) is 43.2 Å². The first kappa shape index (κ1) is 18.0. The standard InChI is InChI=1S/C20H18BrN3O3/c21-14-8-6-13(7-9-14)17-12-16(15-4-3-10-22-19(15)23-17)20(25)24-27-18-5-1-2-11-26-18/h3-4,6-10,12,18H,1-2,5,11H2,(H,24,25). The van der Waals surface area contributed by atoms with E-state index in [4.69, 9.17) is 9.57 Å². The molecule has 1 saturated heterocycles. The summed E-state index contributed by atoms with van der Waals surface area (Å²) in [6.07, 6.45) is 4.07. The Morgan fingerprint density at radius 1 is 1.22 bits per heavy atom. The van der Waals surface area contributed by atoms with Gasteiger partial charge in [-0.3, -0.25) is 4.79 Å². The molecular formula is C20H18BrN3O3. The number of ether oxygens (including phenoxy) is 1. The number of carbonyl (C=O) groups excluding carboxylic acids is 1. The van der Waals surface area contributed by atoms with Crippen molar-refractivity contribution in [2.24, 2.45) is 0 Å². The Bertz CT molecular complexity index is 956. The van der Waals surface area contributed by atoms with Crippen LogP contribution in [0, 0.1) is 0 Å². The largest absolute Gasteiger partial charge is 0.350 e. The monoisotopic (exact) mass is 427 g/mol. The van der Waals surface area contributed by atoms with Gasteiger partial charge in [0.1, 0.15) is 0 Å². The van der Waals surface area contributed by atoms with Crippen molar-refractivity contribution in [2.45, 2.75) is 25.6 Å². The lowest BCUT2D eigenvalue weighted by atomic mass is 10.1. The molecule has 138 valence electrons. The van der Waals surface area contributed by atoms with Gasteiger partial charge in [0.15, 0.2) is 11.9 Å². The molecule has 0 bridgehead atoms. The SMILES string of the molecule is O=C(NOC1CCCCO1)c1cc(-c2ccc(Br)cc2)nc2ncccc12. The minimum Gasteiger partial charge on any atom is -0.350 e. The predicted molar refractivity (Wildman–Crippen MR) is 105 cm³/mol. The fourth-order valence-corrected chi connectivity index (χ4v) is 3.26. The molecule has 1 aromatic carbocycles. The van der Waals surface area contributed by atoms with Gasteiger partial charge in [0.05, 0.1) is 11.3 Å². The molecule has 4 rings (SSSR count). The van der Waals surface area contributed by atoms with Gasteiger partial charge in [0, 0.05) is 34.6 Å². The number of nitrogens with zero attached hydrogens (tertiary/aromatic N) is 2. The Balaban J connectivity index is 1.65. The van der Waals surface area contributed by atoms with Crippen molar-refractivity contribution in [3.8, 4) is 11.3 Å². The fourth-order valence-electron chi connectivity index (χ4n) is 2.99. The van der Waals surface area contributed by atoms with E-state index in [9.17, 15) is 4.79 Å². The Morgan fingerprint density at radius 2 is 2.07 bits per heavy atom. The zero-order chi connectivity index (χ0) is 18.6. The number of carbonyl (C=O) groups is 1. The molecule has 1 atom stereocenters. The second kappa shape index (κ2) is 8.12. The Kier molecular flexibility index (Phi) is 5.42. The summed E-state index contributed by atoms with van der Waals surface area (Å²) in [6, 6.07) is 13.1.